The summed E-state index contributed by atoms with van der Waals surface area (Å²) in [5, 5.41) is 3.64. The average Bonchev–Trinajstić information content (AvgIpc) is 2.39. The summed E-state index contributed by atoms with van der Waals surface area (Å²) in [6, 6.07) is 10.2. The van der Waals surface area contributed by atoms with Gasteiger partial charge < -0.3 is 10.2 Å². The molecule has 1 aliphatic rings. The van der Waals surface area contributed by atoms with E-state index in [9.17, 15) is 0 Å². The molecule has 1 heterocycles. The van der Waals surface area contributed by atoms with Crippen LogP contribution < -0.4 is 10.2 Å². The van der Waals surface area contributed by atoms with Crippen molar-refractivity contribution in [2.75, 3.05) is 18.0 Å². The highest BCUT2D eigenvalue weighted by Gasteiger charge is 2.25. The summed E-state index contributed by atoms with van der Waals surface area (Å²) < 4.78 is 1.31. The highest BCUT2D eigenvalue weighted by Crippen LogP contribution is 2.23. The van der Waals surface area contributed by atoms with Crippen LogP contribution >= 0.6 is 22.6 Å². The van der Waals surface area contributed by atoms with Crippen LogP contribution in [0.25, 0.3) is 0 Å². The molecule has 1 aromatic carbocycles. The minimum Gasteiger partial charge on any atom is -0.366 e. The second-order valence-corrected chi connectivity index (χ2v) is 5.95. The molecule has 0 aromatic heterocycles. The summed E-state index contributed by atoms with van der Waals surface area (Å²) in [4.78, 5) is 2.57. The fraction of sp³-hybridized carbons (Fsp3) is 0.571. The molecule has 2 rings (SSSR count). The molecule has 94 valence electrons. The van der Waals surface area contributed by atoms with Gasteiger partial charge in [0.25, 0.3) is 0 Å². The number of nitrogens with zero attached hydrogens (tertiary/aromatic N) is 1. The molecule has 0 amide bonds. The Kier molecular flexibility index (Phi) is 4.68. The third-order valence-electron chi connectivity index (χ3n) is 3.62. The highest BCUT2D eigenvalue weighted by atomic mass is 127. The van der Waals surface area contributed by atoms with Crippen LogP contribution in [0.5, 0.6) is 0 Å². The smallest absolute Gasteiger partial charge is 0.0412 e. The molecule has 3 heteroatoms. The normalized spacial score (nSPS) is 25.0. The number of hydrogen-bond donors (Lipinski definition) is 1. The monoisotopic (exact) mass is 344 g/mol. The third-order valence-corrected chi connectivity index (χ3v) is 4.34. The number of anilines is 1. The van der Waals surface area contributed by atoms with Gasteiger partial charge >= 0.3 is 0 Å². The van der Waals surface area contributed by atoms with Crippen molar-refractivity contribution >= 4 is 28.3 Å². The van der Waals surface area contributed by atoms with E-state index in [0.29, 0.717) is 12.1 Å². The van der Waals surface area contributed by atoms with E-state index in [1.54, 1.807) is 0 Å². The van der Waals surface area contributed by atoms with Gasteiger partial charge in [-0.3, -0.25) is 0 Å². The largest absolute Gasteiger partial charge is 0.366 e. The van der Waals surface area contributed by atoms with Crippen molar-refractivity contribution < 1.29 is 0 Å². The lowest BCUT2D eigenvalue weighted by molar-refractivity contribution is 0.379. The van der Waals surface area contributed by atoms with Gasteiger partial charge in [0.05, 0.1) is 0 Å². The van der Waals surface area contributed by atoms with Crippen LogP contribution in [-0.4, -0.2) is 25.2 Å². The maximum absolute atomic E-state index is 3.64. The van der Waals surface area contributed by atoms with E-state index in [4.69, 9.17) is 0 Å². The van der Waals surface area contributed by atoms with Gasteiger partial charge in [-0.1, -0.05) is 13.8 Å². The summed E-state index contributed by atoms with van der Waals surface area (Å²) in [7, 11) is 0. The zero-order chi connectivity index (χ0) is 12.3. The van der Waals surface area contributed by atoms with Crippen molar-refractivity contribution in [1.29, 1.82) is 0 Å². The van der Waals surface area contributed by atoms with Crippen LogP contribution in [0.15, 0.2) is 24.3 Å². The summed E-state index contributed by atoms with van der Waals surface area (Å²) in [5.74, 6) is 0. The molecule has 17 heavy (non-hydrogen) atoms. The number of hydrogen-bond acceptors (Lipinski definition) is 2. The van der Waals surface area contributed by atoms with Crippen molar-refractivity contribution in [3.63, 3.8) is 0 Å². The zero-order valence-corrected chi connectivity index (χ0v) is 12.8. The van der Waals surface area contributed by atoms with Crippen LogP contribution in [0.1, 0.15) is 26.7 Å². The van der Waals surface area contributed by atoms with Crippen LogP contribution in [0.3, 0.4) is 0 Å². The summed E-state index contributed by atoms with van der Waals surface area (Å²) >= 11 is 2.36. The second kappa shape index (κ2) is 6.05. The van der Waals surface area contributed by atoms with Crippen LogP contribution in [0.2, 0.25) is 0 Å². The van der Waals surface area contributed by atoms with Gasteiger partial charge in [0.2, 0.25) is 0 Å². The lowest BCUT2D eigenvalue weighted by Gasteiger charge is -2.41. The molecule has 0 bridgehead atoms. The van der Waals surface area contributed by atoms with Crippen molar-refractivity contribution in [2.45, 2.75) is 38.8 Å². The summed E-state index contributed by atoms with van der Waals surface area (Å²) in [5.41, 5.74) is 1.37. The van der Waals surface area contributed by atoms with E-state index in [-0.39, 0.29) is 0 Å². The van der Waals surface area contributed by atoms with Gasteiger partial charge in [-0.05, 0) is 59.7 Å². The highest BCUT2D eigenvalue weighted by molar-refractivity contribution is 14.1. The van der Waals surface area contributed by atoms with Crippen molar-refractivity contribution in [1.82, 2.24) is 5.32 Å². The Hall–Kier alpha value is -0.290. The van der Waals surface area contributed by atoms with Crippen LogP contribution in [0.4, 0.5) is 5.69 Å². The molecule has 1 aliphatic heterocycles. The maximum atomic E-state index is 3.64. The number of halogens is 1. The second-order valence-electron chi connectivity index (χ2n) is 4.70. The zero-order valence-electron chi connectivity index (χ0n) is 10.6. The molecule has 1 N–H and O–H groups in total. The van der Waals surface area contributed by atoms with Crippen LogP contribution in [0, 0.1) is 3.57 Å². The Bertz CT molecular complexity index is 350. The van der Waals surface area contributed by atoms with Gasteiger partial charge in [-0.2, -0.15) is 0 Å². The van der Waals surface area contributed by atoms with Crippen molar-refractivity contribution in [3.8, 4) is 0 Å². The maximum Gasteiger partial charge on any atom is 0.0412 e. The minimum atomic E-state index is 0.636. The molecule has 0 aliphatic carbocycles. The van der Waals surface area contributed by atoms with Gasteiger partial charge in [0.15, 0.2) is 0 Å². The Morgan fingerprint density at radius 3 is 2.53 bits per heavy atom. The third kappa shape index (κ3) is 3.13. The average molecular weight is 344 g/mol. The molecular weight excluding hydrogens is 323 g/mol. The number of nitrogens with one attached hydrogen (secondary N) is 1. The quantitative estimate of drug-likeness (QED) is 0.847. The van der Waals surface area contributed by atoms with E-state index in [0.717, 1.165) is 13.1 Å². The lowest BCUT2D eigenvalue weighted by atomic mass is 10.0. The Balaban J connectivity index is 2.17. The van der Waals surface area contributed by atoms with Gasteiger partial charge in [-0.15, -0.1) is 0 Å². The molecule has 1 fully saturated rings. The number of piperazine rings is 1. The first-order valence-electron chi connectivity index (χ1n) is 6.50. The predicted molar refractivity (Wildman–Crippen MR) is 82.7 cm³/mol. The molecule has 1 saturated heterocycles. The predicted octanol–water partition coefficient (Wildman–Crippen LogP) is 3.26. The van der Waals surface area contributed by atoms with E-state index in [1.165, 1.54) is 22.1 Å². The van der Waals surface area contributed by atoms with E-state index in [1.807, 2.05) is 0 Å². The van der Waals surface area contributed by atoms with E-state index in [2.05, 4.69) is 70.9 Å². The standard InChI is InChI=1S/C14H21IN2/c1-3-12-10-17(13(4-2)9-16-12)14-7-5-11(15)6-8-14/h5-8,12-13,16H,3-4,9-10H2,1-2H3. The first kappa shape index (κ1) is 13.1. The molecule has 2 nitrogen and oxygen atoms in total. The fourth-order valence-corrected chi connectivity index (χ4v) is 2.81. The molecule has 0 radical (unpaired) electrons. The topological polar surface area (TPSA) is 15.3 Å². The van der Waals surface area contributed by atoms with Gasteiger partial charge in [0, 0.05) is 34.4 Å². The van der Waals surface area contributed by atoms with Crippen LogP contribution in [-0.2, 0) is 0 Å². The number of rotatable bonds is 3. The van der Waals surface area contributed by atoms with Gasteiger partial charge in [-0.25, -0.2) is 0 Å². The Morgan fingerprint density at radius 2 is 1.94 bits per heavy atom. The van der Waals surface area contributed by atoms with Crippen molar-refractivity contribution in [3.05, 3.63) is 27.8 Å². The molecule has 2 atom stereocenters. The van der Waals surface area contributed by atoms with Gasteiger partial charge in [0.1, 0.15) is 0 Å². The molecule has 0 spiro atoms. The van der Waals surface area contributed by atoms with Crippen molar-refractivity contribution in [2.24, 2.45) is 0 Å². The molecule has 1 aromatic rings. The lowest BCUT2D eigenvalue weighted by Crippen LogP contribution is -2.56. The van der Waals surface area contributed by atoms with E-state index < -0.39 is 0 Å². The number of benzene rings is 1. The van der Waals surface area contributed by atoms with E-state index >= 15 is 0 Å². The molecule has 0 saturated carbocycles. The SMILES string of the molecule is CCC1CN(c2ccc(I)cc2)C(CC)CN1. The Labute approximate surface area is 118 Å². The fourth-order valence-electron chi connectivity index (χ4n) is 2.45. The Morgan fingerprint density at radius 1 is 1.24 bits per heavy atom. The molecular formula is C14H21IN2. The minimum absolute atomic E-state index is 0.636. The summed E-state index contributed by atoms with van der Waals surface area (Å²) in [6.07, 6.45) is 2.41. The molecule has 2 unspecified atom stereocenters. The first-order chi connectivity index (χ1) is 8.24. The summed E-state index contributed by atoms with van der Waals surface area (Å²) in [6.45, 7) is 6.78. The first-order valence-corrected chi connectivity index (χ1v) is 7.58.